The molecule has 12 heavy (non-hydrogen) atoms. The first-order valence-corrected chi connectivity index (χ1v) is 4.67. The highest BCUT2D eigenvalue weighted by Crippen LogP contribution is 2.18. The summed E-state index contributed by atoms with van der Waals surface area (Å²) in [5, 5.41) is 9.18. The van der Waals surface area contributed by atoms with Crippen LogP contribution in [0, 0.1) is 6.92 Å². The molecule has 0 unspecified atom stereocenters. The number of aliphatic hydroxyl groups is 1. The third-order valence-corrected chi connectivity index (χ3v) is 2.57. The number of rotatable bonds is 2. The summed E-state index contributed by atoms with van der Waals surface area (Å²) in [5.41, 5.74) is 2.25. The van der Waals surface area contributed by atoms with E-state index < -0.39 is 0 Å². The van der Waals surface area contributed by atoms with Crippen molar-refractivity contribution in [1.29, 1.82) is 0 Å². The molecule has 0 fully saturated rings. The minimum Gasteiger partial charge on any atom is -0.393 e. The average molecular weight is 230 g/mol. The normalized spacial score (nSPS) is 13.0. The van der Waals surface area contributed by atoms with Crippen LogP contribution in [0.2, 0.25) is 0 Å². The summed E-state index contributed by atoms with van der Waals surface area (Å²) in [6.07, 6.45) is 3.92. The van der Waals surface area contributed by atoms with Gasteiger partial charge in [-0.15, -0.1) is 0 Å². The van der Waals surface area contributed by atoms with Crippen molar-refractivity contribution in [2.75, 3.05) is 0 Å². The highest BCUT2D eigenvalue weighted by atomic mass is 79.9. The van der Waals surface area contributed by atoms with Gasteiger partial charge in [-0.05, 0) is 47.3 Å². The Kier molecular flexibility index (Phi) is 3.23. The van der Waals surface area contributed by atoms with E-state index in [-0.39, 0.29) is 6.10 Å². The van der Waals surface area contributed by atoms with Crippen LogP contribution in [0.5, 0.6) is 0 Å². The van der Waals surface area contributed by atoms with Gasteiger partial charge in [-0.2, -0.15) is 0 Å². The molecule has 1 heterocycles. The average Bonchev–Trinajstić information content (AvgIpc) is 1.98. The molecule has 3 heteroatoms. The molecular formula is C9H12BrNO. The van der Waals surface area contributed by atoms with Crippen molar-refractivity contribution >= 4 is 15.9 Å². The summed E-state index contributed by atoms with van der Waals surface area (Å²) in [7, 11) is 0. The highest BCUT2D eigenvalue weighted by Gasteiger charge is 2.04. The van der Waals surface area contributed by atoms with Crippen LogP contribution in [0.4, 0.5) is 0 Å². The summed E-state index contributed by atoms with van der Waals surface area (Å²) >= 11 is 3.39. The number of halogens is 1. The molecule has 0 saturated heterocycles. The van der Waals surface area contributed by atoms with Crippen LogP contribution in [-0.4, -0.2) is 16.2 Å². The molecule has 1 rings (SSSR count). The van der Waals surface area contributed by atoms with Crippen molar-refractivity contribution < 1.29 is 5.11 Å². The second-order valence-electron chi connectivity index (χ2n) is 2.96. The lowest BCUT2D eigenvalue weighted by atomic mass is 10.1. The van der Waals surface area contributed by atoms with Crippen LogP contribution in [0.1, 0.15) is 18.1 Å². The van der Waals surface area contributed by atoms with Crippen molar-refractivity contribution in [1.82, 2.24) is 4.98 Å². The Morgan fingerprint density at radius 2 is 2.25 bits per heavy atom. The van der Waals surface area contributed by atoms with E-state index >= 15 is 0 Å². The van der Waals surface area contributed by atoms with Crippen LogP contribution >= 0.6 is 15.9 Å². The van der Waals surface area contributed by atoms with Gasteiger partial charge in [0.1, 0.15) is 0 Å². The quantitative estimate of drug-likeness (QED) is 0.843. The molecule has 0 amide bonds. The minimum absolute atomic E-state index is 0.306. The monoisotopic (exact) mass is 229 g/mol. The van der Waals surface area contributed by atoms with Gasteiger partial charge in [0.2, 0.25) is 0 Å². The summed E-state index contributed by atoms with van der Waals surface area (Å²) in [6, 6.07) is 0. The molecule has 0 aromatic carbocycles. The fourth-order valence-corrected chi connectivity index (χ4v) is 1.44. The van der Waals surface area contributed by atoms with Crippen LogP contribution in [0.15, 0.2) is 16.9 Å². The van der Waals surface area contributed by atoms with Gasteiger partial charge < -0.3 is 5.11 Å². The molecule has 0 radical (unpaired) electrons. The standard InChI is InChI=1S/C9H12BrNO/c1-6(12)3-8-4-11-5-9(10)7(8)2/h4-6,12H,3H2,1-2H3/t6-/m0/s1. The van der Waals surface area contributed by atoms with Crippen molar-refractivity contribution in [2.45, 2.75) is 26.4 Å². The van der Waals surface area contributed by atoms with Crippen molar-refractivity contribution in [2.24, 2.45) is 0 Å². The Labute approximate surface area is 80.8 Å². The summed E-state index contributed by atoms with van der Waals surface area (Å²) in [6.45, 7) is 3.80. The first-order chi connectivity index (χ1) is 5.61. The Morgan fingerprint density at radius 3 is 2.83 bits per heavy atom. The number of aliphatic hydroxyl groups excluding tert-OH is 1. The fraction of sp³-hybridized carbons (Fsp3) is 0.444. The molecule has 66 valence electrons. The molecule has 0 aliphatic heterocycles. The maximum atomic E-state index is 9.18. The summed E-state index contributed by atoms with van der Waals surface area (Å²) in [5.74, 6) is 0. The van der Waals surface area contributed by atoms with Gasteiger partial charge in [0.25, 0.3) is 0 Å². The molecule has 1 aromatic heterocycles. The van der Waals surface area contributed by atoms with Gasteiger partial charge in [-0.25, -0.2) is 0 Å². The smallest absolute Gasteiger partial charge is 0.0553 e. The van der Waals surface area contributed by atoms with E-state index in [1.807, 2.05) is 6.92 Å². The predicted octanol–water partition coefficient (Wildman–Crippen LogP) is 2.08. The van der Waals surface area contributed by atoms with Gasteiger partial charge in [-0.1, -0.05) is 0 Å². The molecular weight excluding hydrogens is 218 g/mol. The third kappa shape index (κ3) is 2.29. The Hall–Kier alpha value is -0.410. The molecule has 0 bridgehead atoms. The van der Waals surface area contributed by atoms with Crippen LogP contribution in [-0.2, 0) is 6.42 Å². The molecule has 1 N–H and O–H groups in total. The Balaban J connectivity index is 2.92. The zero-order chi connectivity index (χ0) is 9.14. The molecule has 1 aromatic rings. The Morgan fingerprint density at radius 1 is 1.58 bits per heavy atom. The molecule has 0 saturated carbocycles. The molecule has 1 atom stereocenters. The van der Waals surface area contributed by atoms with Crippen molar-refractivity contribution in [3.63, 3.8) is 0 Å². The number of aromatic nitrogens is 1. The SMILES string of the molecule is Cc1c(Br)cncc1C[C@H](C)O. The third-order valence-electron chi connectivity index (χ3n) is 1.77. The molecule has 2 nitrogen and oxygen atoms in total. The van der Waals surface area contributed by atoms with Gasteiger partial charge in [0.15, 0.2) is 0 Å². The zero-order valence-corrected chi connectivity index (χ0v) is 8.80. The van der Waals surface area contributed by atoms with Crippen LogP contribution in [0.25, 0.3) is 0 Å². The maximum absolute atomic E-state index is 9.18. The summed E-state index contributed by atoms with van der Waals surface area (Å²) < 4.78 is 1.00. The van der Waals surface area contributed by atoms with E-state index in [0.29, 0.717) is 6.42 Å². The summed E-state index contributed by atoms with van der Waals surface area (Å²) in [4.78, 5) is 4.04. The topological polar surface area (TPSA) is 33.1 Å². The van der Waals surface area contributed by atoms with E-state index in [0.717, 1.165) is 15.6 Å². The Bertz CT molecular complexity index is 273. The fourth-order valence-electron chi connectivity index (χ4n) is 1.06. The zero-order valence-electron chi connectivity index (χ0n) is 7.21. The second kappa shape index (κ2) is 4.01. The second-order valence-corrected chi connectivity index (χ2v) is 3.81. The van der Waals surface area contributed by atoms with Crippen molar-refractivity contribution in [3.05, 3.63) is 28.0 Å². The van der Waals surface area contributed by atoms with E-state index in [1.54, 1.807) is 19.3 Å². The van der Waals surface area contributed by atoms with Gasteiger partial charge in [0, 0.05) is 16.9 Å². The predicted molar refractivity (Wildman–Crippen MR) is 52.1 cm³/mol. The van der Waals surface area contributed by atoms with E-state index in [1.165, 1.54) is 0 Å². The largest absolute Gasteiger partial charge is 0.393 e. The first kappa shape index (κ1) is 9.68. The molecule has 0 aliphatic carbocycles. The van der Waals surface area contributed by atoms with Crippen LogP contribution < -0.4 is 0 Å². The lowest BCUT2D eigenvalue weighted by molar-refractivity contribution is 0.195. The minimum atomic E-state index is -0.306. The van der Waals surface area contributed by atoms with E-state index in [2.05, 4.69) is 20.9 Å². The van der Waals surface area contributed by atoms with Crippen molar-refractivity contribution in [3.8, 4) is 0 Å². The maximum Gasteiger partial charge on any atom is 0.0553 e. The number of nitrogens with zero attached hydrogens (tertiary/aromatic N) is 1. The number of hydrogen-bond donors (Lipinski definition) is 1. The van der Waals surface area contributed by atoms with E-state index in [9.17, 15) is 5.11 Å². The van der Waals surface area contributed by atoms with Crippen LogP contribution in [0.3, 0.4) is 0 Å². The van der Waals surface area contributed by atoms with Gasteiger partial charge in [-0.3, -0.25) is 4.98 Å². The molecule has 0 spiro atoms. The number of hydrogen-bond acceptors (Lipinski definition) is 2. The van der Waals surface area contributed by atoms with E-state index in [4.69, 9.17) is 0 Å². The highest BCUT2D eigenvalue weighted by molar-refractivity contribution is 9.10. The van der Waals surface area contributed by atoms with Gasteiger partial charge in [0.05, 0.1) is 6.10 Å². The lowest BCUT2D eigenvalue weighted by Crippen LogP contribution is -2.06. The lowest BCUT2D eigenvalue weighted by Gasteiger charge is -2.07. The number of pyridine rings is 1. The van der Waals surface area contributed by atoms with Gasteiger partial charge >= 0.3 is 0 Å². The molecule has 0 aliphatic rings. The first-order valence-electron chi connectivity index (χ1n) is 3.88.